The van der Waals surface area contributed by atoms with Crippen molar-refractivity contribution in [3.8, 4) is 5.75 Å². The molecule has 0 amide bonds. The minimum Gasteiger partial charge on any atom is -0.496 e. The highest BCUT2D eigenvalue weighted by Gasteiger charge is 2.22. The van der Waals surface area contributed by atoms with Gasteiger partial charge in [-0.3, -0.25) is 4.98 Å². The molecule has 21 heavy (non-hydrogen) atoms. The molecule has 0 atom stereocenters. The van der Waals surface area contributed by atoms with Crippen LogP contribution in [0.4, 0.5) is 4.39 Å². The van der Waals surface area contributed by atoms with E-state index in [1.54, 1.807) is 13.1 Å². The molecule has 0 saturated carbocycles. The third kappa shape index (κ3) is 3.05. The van der Waals surface area contributed by atoms with Gasteiger partial charge in [0, 0.05) is 17.3 Å². The fourth-order valence-electron chi connectivity index (χ4n) is 2.17. The number of halogens is 1. The summed E-state index contributed by atoms with van der Waals surface area (Å²) < 4.78 is 43.6. The zero-order valence-corrected chi connectivity index (χ0v) is 12.9. The van der Waals surface area contributed by atoms with E-state index in [1.165, 1.54) is 25.3 Å². The number of aromatic nitrogens is 1. The first-order valence-electron chi connectivity index (χ1n) is 6.33. The van der Waals surface area contributed by atoms with Crippen molar-refractivity contribution in [2.24, 2.45) is 0 Å². The minimum atomic E-state index is -3.80. The molecule has 1 aromatic carbocycles. The standard InChI is InChI=1S/C15H16FNO3S/c1-10-8-17-13(11(2)15(10)20-3)9-21(18,19)14-7-5-4-6-12(14)16/h4-8H,9H2,1-3H3. The molecule has 0 radical (unpaired) electrons. The van der Waals surface area contributed by atoms with Crippen LogP contribution in [-0.4, -0.2) is 20.5 Å². The summed E-state index contributed by atoms with van der Waals surface area (Å²) in [7, 11) is -2.28. The predicted molar refractivity (Wildman–Crippen MR) is 77.6 cm³/mol. The summed E-state index contributed by atoms with van der Waals surface area (Å²) in [6.07, 6.45) is 1.55. The summed E-state index contributed by atoms with van der Waals surface area (Å²) in [5.41, 5.74) is 1.83. The van der Waals surface area contributed by atoms with Gasteiger partial charge in [0.25, 0.3) is 0 Å². The number of pyridine rings is 1. The molecule has 1 heterocycles. The van der Waals surface area contributed by atoms with Gasteiger partial charge in [-0.15, -0.1) is 0 Å². The third-order valence-electron chi connectivity index (χ3n) is 3.25. The molecule has 4 nitrogen and oxygen atoms in total. The van der Waals surface area contributed by atoms with Gasteiger partial charge in [-0.2, -0.15) is 0 Å². The molecule has 0 N–H and O–H groups in total. The first-order valence-corrected chi connectivity index (χ1v) is 7.98. The van der Waals surface area contributed by atoms with Crippen molar-refractivity contribution in [1.29, 1.82) is 0 Å². The summed E-state index contributed by atoms with van der Waals surface area (Å²) in [5.74, 6) is -0.519. The Balaban J connectivity index is 2.45. The highest BCUT2D eigenvalue weighted by molar-refractivity contribution is 7.90. The zero-order chi connectivity index (χ0) is 15.6. The second-order valence-electron chi connectivity index (χ2n) is 4.74. The van der Waals surface area contributed by atoms with E-state index >= 15 is 0 Å². The number of hydrogen-bond acceptors (Lipinski definition) is 4. The lowest BCUT2D eigenvalue weighted by Gasteiger charge is -2.12. The lowest BCUT2D eigenvalue weighted by atomic mass is 10.1. The van der Waals surface area contributed by atoms with Gasteiger partial charge >= 0.3 is 0 Å². The Hall–Kier alpha value is -1.95. The fraction of sp³-hybridized carbons (Fsp3) is 0.267. The summed E-state index contributed by atoms with van der Waals surface area (Å²) in [6, 6.07) is 5.33. The number of ether oxygens (including phenoxy) is 1. The second kappa shape index (κ2) is 5.81. The van der Waals surface area contributed by atoms with Crippen LogP contribution in [0.15, 0.2) is 35.4 Å². The average Bonchev–Trinajstić information content (AvgIpc) is 2.43. The monoisotopic (exact) mass is 309 g/mol. The zero-order valence-electron chi connectivity index (χ0n) is 12.1. The first-order chi connectivity index (χ1) is 9.86. The summed E-state index contributed by atoms with van der Waals surface area (Å²) in [6.45, 7) is 3.57. The van der Waals surface area contributed by atoms with Crippen molar-refractivity contribution in [2.75, 3.05) is 7.11 Å². The molecule has 112 valence electrons. The van der Waals surface area contributed by atoms with Crippen molar-refractivity contribution in [3.63, 3.8) is 0 Å². The second-order valence-corrected chi connectivity index (χ2v) is 6.69. The predicted octanol–water partition coefficient (Wildman–Crippen LogP) is 2.82. The summed E-state index contributed by atoms with van der Waals surface area (Å²) in [4.78, 5) is 3.83. The van der Waals surface area contributed by atoms with Crippen molar-refractivity contribution < 1.29 is 17.5 Å². The highest BCUT2D eigenvalue weighted by Crippen LogP contribution is 2.27. The quantitative estimate of drug-likeness (QED) is 0.871. The number of rotatable bonds is 4. The molecule has 6 heteroatoms. The van der Waals surface area contributed by atoms with Gasteiger partial charge in [0.15, 0.2) is 9.84 Å². The first kappa shape index (κ1) is 15.4. The molecule has 0 aliphatic rings. The fourth-order valence-corrected chi connectivity index (χ4v) is 3.63. The maximum absolute atomic E-state index is 13.7. The van der Waals surface area contributed by atoms with Crippen LogP contribution in [0.5, 0.6) is 5.75 Å². The van der Waals surface area contributed by atoms with Crippen LogP contribution in [0.3, 0.4) is 0 Å². The van der Waals surface area contributed by atoms with Crippen LogP contribution in [-0.2, 0) is 15.6 Å². The molecule has 1 aromatic heterocycles. The van der Waals surface area contributed by atoms with Crippen LogP contribution in [0.2, 0.25) is 0 Å². The van der Waals surface area contributed by atoms with Crippen molar-refractivity contribution in [2.45, 2.75) is 24.5 Å². The molecule has 0 unspecified atom stereocenters. The lowest BCUT2D eigenvalue weighted by Crippen LogP contribution is -2.10. The normalized spacial score (nSPS) is 11.4. The molecular weight excluding hydrogens is 293 g/mol. The van der Waals surface area contributed by atoms with Gasteiger partial charge < -0.3 is 4.74 Å². The largest absolute Gasteiger partial charge is 0.496 e. The van der Waals surface area contributed by atoms with E-state index in [0.29, 0.717) is 17.0 Å². The molecular formula is C15H16FNO3S. The molecule has 0 fully saturated rings. The van der Waals surface area contributed by atoms with Crippen LogP contribution >= 0.6 is 0 Å². The molecule has 2 rings (SSSR count). The Morgan fingerprint density at radius 2 is 1.90 bits per heavy atom. The highest BCUT2D eigenvalue weighted by atomic mass is 32.2. The molecule has 0 aliphatic heterocycles. The number of hydrogen-bond donors (Lipinski definition) is 0. The van der Waals surface area contributed by atoms with Crippen molar-refractivity contribution in [3.05, 3.63) is 53.1 Å². The van der Waals surface area contributed by atoms with Crippen LogP contribution in [0, 0.1) is 19.7 Å². The third-order valence-corrected chi connectivity index (χ3v) is 4.90. The van der Waals surface area contributed by atoms with Gasteiger partial charge in [-0.25, -0.2) is 12.8 Å². The van der Waals surface area contributed by atoms with E-state index in [9.17, 15) is 12.8 Å². The molecule has 2 aromatic rings. The number of benzene rings is 1. The Kier molecular flexibility index (Phi) is 4.27. The molecule has 0 aliphatic carbocycles. The number of nitrogens with zero attached hydrogens (tertiary/aromatic N) is 1. The van der Waals surface area contributed by atoms with Crippen molar-refractivity contribution in [1.82, 2.24) is 4.98 Å². The van der Waals surface area contributed by atoms with Gasteiger partial charge in [-0.1, -0.05) is 12.1 Å². The van der Waals surface area contributed by atoms with Gasteiger partial charge in [0.05, 0.1) is 18.6 Å². The van der Waals surface area contributed by atoms with E-state index in [-0.39, 0.29) is 10.6 Å². The topological polar surface area (TPSA) is 56.3 Å². The number of aryl methyl sites for hydroxylation is 1. The maximum Gasteiger partial charge on any atom is 0.186 e. The van der Waals surface area contributed by atoms with Gasteiger partial charge in [-0.05, 0) is 26.0 Å². The Labute approximate surface area is 123 Å². The van der Waals surface area contributed by atoms with E-state index in [1.807, 2.05) is 6.92 Å². The number of methoxy groups -OCH3 is 1. The molecule has 0 spiro atoms. The summed E-state index contributed by atoms with van der Waals surface area (Å²) in [5, 5.41) is 0. The van der Waals surface area contributed by atoms with Crippen LogP contribution in [0.25, 0.3) is 0 Å². The summed E-state index contributed by atoms with van der Waals surface area (Å²) >= 11 is 0. The minimum absolute atomic E-state index is 0.314. The Morgan fingerprint density at radius 3 is 2.52 bits per heavy atom. The van der Waals surface area contributed by atoms with E-state index in [4.69, 9.17) is 4.74 Å². The average molecular weight is 309 g/mol. The van der Waals surface area contributed by atoms with Gasteiger partial charge in [0.1, 0.15) is 16.5 Å². The lowest BCUT2D eigenvalue weighted by molar-refractivity contribution is 0.407. The smallest absolute Gasteiger partial charge is 0.186 e. The van der Waals surface area contributed by atoms with Crippen molar-refractivity contribution >= 4 is 9.84 Å². The molecule has 0 bridgehead atoms. The van der Waals surface area contributed by atoms with E-state index < -0.39 is 15.7 Å². The van der Waals surface area contributed by atoms with Gasteiger partial charge in [0.2, 0.25) is 0 Å². The number of sulfone groups is 1. The van der Waals surface area contributed by atoms with Crippen LogP contribution in [0.1, 0.15) is 16.8 Å². The Morgan fingerprint density at radius 1 is 1.24 bits per heavy atom. The van der Waals surface area contributed by atoms with E-state index in [0.717, 1.165) is 11.6 Å². The SMILES string of the molecule is COc1c(C)cnc(CS(=O)(=O)c2ccccc2F)c1C. The van der Waals surface area contributed by atoms with E-state index in [2.05, 4.69) is 4.98 Å². The maximum atomic E-state index is 13.7. The molecule has 0 saturated heterocycles. The van der Waals surface area contributed by atoms with Crippen LogP contribution < -0.4 is 4.74 Å². The Bertz CT molecular complexity index is 772.